The molecule has 0 spiro atoms. The molecule has 0 radical (unpaired) electrons. The Kier molecular flexibility index (Phi) is 17.7. The fraction of sp³-hybridized carbons (Fsp3) is 0.133. The summed E-state index contributed by atoms with van der Waals surface area (Å²) >= 11 is -8.68. The molecule has 0 bridgehead atoms. The average molecular weight is 1030 g/mol. The number of aryl methyl sites for hydroxylation is 1. The van der Waals surface area contributed by atoms with Crippen molar-refractivity contribution >= 4 is 94.1 Å². The molecule has 0 atom stereocenters. The van der Waals surface area contributed by atoms with E-state index in [9.17, 15) is 33.3 Å². The van der Waals surface area contributed by atoms with Gasteiger partial charge in [-0.1, -0.05) is 0 Å². The molecule has 0 aliphatic heterocycles. The van der Waals surface area contributed by atoms with Gasteiger partial charge in [-0.15, -0.1) is 0 Å². The quantitative estimate of drug-likeness (QED) is 0.168. The first-order chi connectivity index (χ1) is 22.1. The van der Waals surface area contributed by atoms with Crippen molar-refractivity contribution in [2.45, 2.75) is 25.7 Å². The second-order valence-corrected chi connectivity index (χ2v) is 22.5. The molecule has 47 heavy (non-hydrogen) atoms. The van der Waals surface area contributed by atoms with E-state index in [1.165, 1.54) is 26.0 Å². The molecule has 0 aliphatic rings. The Morgan fingerprint density at radius 2 is 0.936 bits per heavy atom. The Morgan fingerprint density at radius 1 is 0.574 bits per heavy atom. The molecule has 12 nitrogen and oxygen atoms in total. The average Bonchev–Trinajstić information content (AvgIpc) is 3.01. The zero-order chi connectivity index (χ0) is 35.0. The minimum atomic E-state index is -3.90. The fourth-order valence-corrected chi connectivity index (χ4v) is 13.8. The van der Waals surface area contributed by atoms with Crippen LogP contribution in [0.4, 0.5) is 0 Å². The van der Waals surface area contributed by atoms with Gasteiger partial charge in [0, 0.05) is 0 Å². The van der Waals surface area contributed by atoms with Gasteiger partial charge in [-0.05, 0) is 0 Å². The summed E-state index contributed by atoms with van der Waals surface area (Å²) in [7, 11) is -7.46. The van der Waals surface area contributed by atoms with E-state index in [2.05, 4.69) is 2.51 Å². The molecule has 4 rings (SSSR count). The van der Waals surface area contributed by atoms with Crippen LogP contribution in [0.1, 0.15) is 19.4 Å². The van der Waals surface area contributed by atoms with E-state index in [4.69, 9.17) is 8.65 Å². The maximum atomic E-state index is 12.0. The summed E-state index contributed by atoms with van der Waals surface area (Å²) in [6, 6.07) is 32.5. The van der Waals surface area contributed by atoms with Crippen molar-refractivity contribution in [2.75, 3.05) is 6.26 Å². The number of halogens is 3. The van der Waals surface area contributed by atoms with Gasteiger partial charge < -0.3 is 0 Å². The predicted octanol–water partition coefficient (Wildman–Crippen LogP) is 6.38. The Labute approximate surface area is 299 Å². The molecule has 0 amide bonds. The number of rotatable bonds is 10. The monoisotopic (exact) mass is 1030 g/mol. The maximum absolute atomic E-state index is 12.0. The van der Waals surface area contributed by atoms with Gasteiger partial charge in [0.1, 0.15) is 0 Å². The molecular weight excluding hydrogens is 997 g/mol. The van der Waals surface area contributed by atoms with Crippen molar-refractivity contribution in [3.63, 3.8) is 0 Å². The van der Waals surface area contributed by atoms with Crippen molar-refractivity contribution in [3.05, 3.63) is 132 Å². The van der Waals surface area contributed by atoms with Gasteiger partial charge in [0.15, 0.2) is 0 Å². The number of carbonyl (C=O) groups is 2. The van der Waals surface area contributed by atoms with Crippen LogP contribution in [0.15, 0.2) is 120 Å². The Hall–Kier alpha value is -2.25. The molecule has 0 saturated carbocycles. The fourth-order valence-electron chi connectivity index (χ4n) is 2.87. The molecule has 0 heterocycles. The van der Waals surface area contributed by atoms with Crippen LogP contribution < -0.4 is 0 Å². The van der Waals surface area contributed by atoms with Crippen LogP contribution in [-0.4, -0.2) is 41.9 Å². The third-order valence-corrected chi connectivity index (χ3v) is 19.0. The summed E-state index contributed by atoms with van der Waals surface area (Å²) < 4.78 is 86.0. The molecule has 0 saturated heterocycles. The zero-order valence-electron chi connectivity index (χ0n) is 25.4. The van der Waals surface area contributed by atoms with E-state index in [0.717, 1.165) is 15.4 Å². The van der Waals surface area contributed by atoms with Gasteiger partial charge in [-0.25, -0.2) is 0 Å². The van der Waals surface area contributed by atoms with E-state index < -0.39 is 94.1 Å². The third kappa shape index (κ3) is 16.6. The molecule has 4 aromatic carbocycles. The van der Waals surface area contributed by atoms with E-state index in [1.54, 1.807) is 84.9 Å². The summed E-state index contributed by atoms with van der Waals surface area (Å²) in [4.78, 5) is 21.7. The normalized spacial score (nSPS) is 11.7. The molecule has 2 N–H and O–H groups in total. The Morgan fingerprint density at radius 3 is 1.30 bits per heavy atom. The molecular formula is C30H33I3O12S2. The Balaban J connectivity index is 0.000000250. The van der Waals surface area contributed by atoms with Crippen LogP contribution in [-0.2, 0) is 41.0 Å². The van der Waals surface area contributed by atoms with Crippen LogP contribution >= 0.6 is 61.9 Å². The minimum absolute atomic E-state index is 0.0605. The number of benzene rings is 4. The summed E-state index contributed by atoms with van der Waals surface area (Å²) in [5, 5.41) is 0. The van der Waals surface area contributed by atoms with Crippen LogP contribution in [0, 0.1) is 17.6 Å². The molecule has 0 fully saturated rings. The SMILES string of the molecule is CC(=O)OI(OC(C)=O)c1ccccc1.CS(=O)(=O)OI(O)c1ccccc1.Cc1ccc(S(=O)(=O)OI(O)c2ccccc2)cc1. The molecule has 0 unspecified atom stereocenters. The van der Waals surface area contributed by atoms with Gasteiger partial charge in [-0.3, -0.25) is 0 Å². The first-order valence-corrected chi connectivity index (χ1v) is 24.9. The summed E-state index contributed by atoms with van der Waals surface area (Å²) in [5.74, 6) is -0.851. The van der Waals surface area contributed by atoms with Crippen LogP contribution in [0.2, 0.25) is 0 Å². The van der Waals surface area contributed by atoms with Crippen molar-refractivity contribution in [1.82, 2.24) is 0 Å². The molecule has 0 aliphatic carbocycles. The van der Waals surface area contributed by atoms with Crippen LogP contribution in [0.3, 0.4) is 0 Å². The van der Waals surface area contributed by atoms with Crippen LogP contribution in [0.5, 0.6) is 0 Å². The van der Waals surface area contributed by atoms with Crippen molar-refractivity contribution in [2.24, 2.45) is 0 Å². The first kappa shape index (κ1) is 40.9. The number of carbonyl (C=O) groups excluding carboxylic acids is 2. The van der Waals surface area contributed by atoms with E-state index in [1.807, 2.05) is 25.1 Å². The second kappa shape index (κ2) is 20.3. The molecule has 0 aromatic heterocycles. The molecule has 4 aromatic rings. The number of hydrogen-bond donors (Lipinski definition) is 2. The predicted molar refractivity (Wildman–Crippen MR) is 201 cm³/mol. The standard InChI is InChI=1S/C13H13IO4S.C10H11IO4.C7H9IO4S/c1-11-7-9-13(10-8-11)19(16,17)18-14(15)12-5-3-2-4-6-12;1-8(12)14-11(15-9(2)13)10-6-4-3-5-7-10;1-13(10,11)12-8(9)7-5-3-2-4-6-7/h2-10,15H,1H3;3-7H,1-2H3;2-6,9H,1H3. The third-order valence-electron chi connectivity index (χ3n) is 4.73. The summed E-state index contributed by atoms with van der Waals surface area (Å²) in [6.07, 6.45) is 0.927. The van der Waals surface area contributed by atoms with Gasteiger partial charge >= 0.3 is 302 Å². The van der Waals surface area contributed by atoms with E-state index in [0.29, 0.717) is 7.14 Å². The van der Waals surface area contributed by atoms with Gasteiger partial charge in [0.05, 0.1) is 0 Å². The Bertz CT molecular complexity index is 1750. The number of hydrogen-bond acceptors (Lipinski definition) is 12. The van der Waals surface area contributed by atoms with Gasteiger partial charge in [-0.2, -0.15) is 0 Å². The summed E-state index contributed by atoms with van der Waals surface area (Å²) in [6.45, 7) is 4.47. The summed E-state index contributed by atoms with van der Waals surface area (Å²) in [5.41, 5.74) is 0.960. The van der Waals surface area contributed by atoms with E-state index >= 15 is 0 Å². The first-order valence-electron chi connectivity index (χ1n) is 13.0. The zero-order valence-corrected chi connectivity index (χ0v) is 33.5. The second-order valence-electron chi connectivity index (χ2n) is 8.80. The van der Waals surface area contributed by atoms with Gasteiger partial charge in [0.2, 0.25) is 0 Å². The van der Waals surface area contributed by atoms with Crippen molar-refractivity contribution in [3.8, 4) is 0 Å². The molecule has 17 heteroatoms. The van der Waals surface area contributed by atoms with Crippen LogP contribution in [0.25, 0.3) is 0 Å². The van der Waals surface area contributed by atoms with Crippen molar-refractivity contribution < 1.29 is 44.5 Å². The van der Waals surface area contributed by atoms with E-state index in [-0.39, 0.29) is 4.90 Å². The molecule has 258 valence electrons. The van der Waals surface area contributed by atoms with Gasteiger partial charge in [0.25, 0.3) is 0 Å². The topological polar surface area (TPSA) is 180 Å². The van der Waals surface area contributed by atoms with Crippen molar-refractivity contribution in [1.29, 1.82) is 0 Å².